The number of nitrogens with zero attached hydrogens (tertiary/aromatic N) is 2. The Labute approximate surface area is 298 Å². The number of imidazole rings is 1. The van der Waals surface area contributed by atoms with Gasteiger partial charge in [-0.2, -0.15) is 0 Å². The Kier molecular flexibility index (Phi) is 7.13. The third kappa shape index (κ3) is 5.06. The van der Waals surface area contributed by atoms with E-state index >= 15 is 0 Å². The first-order valence-electron chi connectivity index (χ1n) is 18.0. The summed E-state index contributed by atoms with van der Waals surface area (Å²) in [5.41, 5.74) is 12.1. The Morgan fingerprint density at radius 2 is 1.20 bits per heavy atom. The van der Waals surface area contributed by atoms with E-state index in [2.05, 4.69) is 187 Å². The summed E-state index contributed by atoms with van der Waals surface area (Å²) in [5, 5.41) is 5.12. The molecule has 0 N–H and O–H groups in total. The summed E-state index contributed by atoms with van der Waals surface area (Å²) in [6.07, 6.45) is 22.7. The fraction of sp³-hybridized carbons (Fsp3) is 0.0816. The first-order valence-corrected chi connectivity index (χ1v) is 18.0. The molecule has 0 bridgehead atoms. The van der Waals surface area contributed by atoms with Gasteiger partial charge in [0.2, 0.25) is 0 Å². The van der Waals surface area contributed by atoms with E-state index in [1.807, 2.05) is 0 Å². The molecular formula is C49H36N2. The third-order valence-corrected chi connectivity index (χ3v) is 10.8. The number of aromatic nitrogens is 2. The number of allylic oxidation sites excluding steroid dienone is 9. The van der Waals surface area contributed by atoms with Gasteiger partial charge < -0.3 is 0 Å². The van der Waals surface area contributed by atoms with Crippen LogP contribution in [0.4, 0.5) is 0 Å². The lowest BCUT2D eigenvalue weighted by Crippen LogP contribution is -2.11. The molecule has 242 valence electrons. The molecule has 3 aliphatic rings. The maximum Gasteiger partial charge on any atom is 0.145 e. The van der Waals surface area contributed by atoms with E-state index in [1.165, 1.54) is 66.3 Å². The normalized spacial score (nSPS) is 17.5. The highest BCUT2D eigenvalue weighted by Gasteiger charge is 2.23. The standard InChI is InChI=1S/C49H36N2/c1-3-14-35(15-4-1)47-41-19-9-10-20-42(41)48(39-24-23-33-13-7-8-18-37(33)31-39)43-30-27-38(32-44(43)47)34-25-28-40(29-26-34)51-46-22-12-11-21-45(46)50-49(51)36-16-5-2-6-17-36/h1-10,12-20,22-33,37H,11,21H2. The average molecular weight is 653 g/mol. The third-order valence-electron chi connectivity index (χ3n) is 10.8. The van der Waals surface area contributed by atoms with Crippen molar-refractivity contribution in [2.45, 2.75) is 12.8 Å². The molecule has 2 atom stereocenters. The highest BCUT2D eigenvalue weighted by Crippen LogP contribution is 2.45. The zero-order valence-corrected chi connectivity index (χ0v) is 28.3. The van der Waals surface area contributed by atoms with E-state index in [0.29, 0.717) is 11.8 Å². The smallest absolute Gasteiger partial charge is 0.145 e. The van der Waals surface area contributed by atoms with Gasteiger partial charge in [-0.05, 0) is 92.1 Å². The first-order chi connectivity index (χ1) is 25.3. The zero-order chi connectivity index (χ0) is 33.7. The molecule has 6 aromatic carbocycles. The molecule has 0 saturated carbocycles. The van der Waals surface area contributed by atoms with Crippen molar-refractivity contribution in [3.63, 3.8) is 0 Å². The summed E-state index contributed by atoms with van der Waals surface area (Å²) < 4.78 is 2.32. The second-order valence-electron chi connectivity index (χ2n) is 13.8. The second kappa shape index (κ2) is 12.3. The van der Waals surface area contributed by atoms with Crippen molar-refractivity contribution in [3.05, 3.63) is 193 Å². The van der Waals surface area contributed by atoms with E-state index in [0.717, 1.165) is 29.9 Å². The lowest BCUT2D eigenvalue weighted by atomic mass is 9.79. The molecule has 7 aromatic rings. The van der Waals surface area contributed by atoms with Crippen LogP contribution >= 0.6 is 0 Å². The summed E-state index contributed by atoms with van der Waals surface area (Å²) in [7, 11) is 0. The van der Waals surface area contributed by atoms with E-state index < -0.39 is 0 Å². The van der Waals surface area contributed by atoms with Gasteiger partial charge in [0.15, 0.2) is 0 Å². The zero-order valence-electron chi connectivity index (χ0n) is 28.3. The van der Waals surface area contributed by atoms with E-state index in [-0.39, 0.29) is 0 Å². The van der Waals surface area contributed by atoms with E-state index in [4.69, 9.17) is 4.98 Å². The van der Waals surface area contributed by atoms with Gasteiger partial charge in [-0.25, -0.2) is 4.98 Å². The Morgan fingerprint density at radius 1 is 0.529 bits per heavy atom. The number of fused-ring (bicyclic) bond motifs is 4. The van der Waals surface area contributed by atoms with Gasteiger partial charge in [-0.3, -0.25) is 4.57 Å². The minimum Gasteiger partial charge on any atom is -0.293 e. The van der Waals surface area contributed by atoms with Crippen LogP contribution < -0.4 is 0 Å². The van der Waals surface area contributed by atoms with Crippen LogP contribution in [0.25, 0.3) is 72.5 Å². The topological polar surface area (TPSA) is 17.8 Å². The molecule has 1 aromatic heterocycles. The Hall–Kier alpha value is -6.25. The largest absolute Gasteiger partial charge is 0.293 e. The number of hydrogen-bond donors (Lipinski definition) is 0. The Balaban J connectivity index is 1.15. The van der Waals surface area contributed by atoms with Gasteiger partial charge in [-0.1, -0.05) is 158 Å². The number of hydrogen-bond acceptors (Lipinski definition) is 1. The Bertz CT molecular complexity index is 2610. The molecular weight excluding hydrogens is 617 g/mol. The van der Waals surface area contributed by atoms with Crippen LogP contribution in [-0.4, -0.2) is 9.55 Å². The molecule has 3 aliphatic carbocycles. The summed E-state index contributed by atoms with van der Waals surface area (Å²) in [6, 6.07) is 46.5. The molecule has 1 heterocycles. The first kappa shape index (κ1) is 29.6. The maximum absolute atomic E-state index is 5.14. The van der Waals surface area contributed by atoms with E-state index in [9.17, 15) is 0 Å². The van der Waals surface area contributed by atoms with Crippen LogP contribution in [0.15, 0.2) is 176 Å². The minimum atomic E-state index is 0.370. The summed E-state index contributed by atoms with van der Waals surface area (Å²) >= 11 is 0. The van der Waals surface area contributed by atoms with Crippen molar-refractivity contribution in [2.75, 3.05) is 0 Å². The lowest BCUT2D eigenvalue weighted by molar-refractivity contribution is 0.663. The van der Waals surface area contributed by atoms with Gasteiger partial charge >= 0.3 is 0 Å². The van der Waals surface area contributed by atoms with Gasteiger partial charge in [0.25, 0.3) is 0 Å². The molecule has 51 heavy (non-hydrogen) atoms. The summed E-state index contributed by atoms with van der Waals surface area (Å²) in [6.45, 7) is 0. The predicted molar refractivity (Wildman–Crippen MR) is 215 cm³/mol. The maximum atomic E-state index is 5.14. The second-order valence-corrected chi connectivity index (χ2v) is 13.8. The van der Waals surface area contributed by atoms with Gasteiger partial charge in [0.1, 0.15) is 5.82 Å². The van der Waals surface area contributed by atoms with Crippen LogP contribution in [0, 0.1) is 11.8 Å². The van der Waals surface area contributed by atoms with Crippen molar-refractivity contribution in [1.82, 2.24) is 9.55 Å². The van der Waals surface area contributed by atoms with Crippen molar-refractivity contribution in [2.24, 2.45) is 11.8 Å². The van der Waals surface area contributed by atoms with Crippen molar-refractivity contribution in [1.29, 1.82) is 0 Å². The van der Waals surface area contributed by atoms with Gasteiger partial charge in [-0.15, -0.1) is 0 Å². The Morgan fingerprint density at radius 3 is 1.98 bits per heavy atom. The number of rotatable bonds is 5. The predicted octanol–water partition coefficient (Wildman–Crippen LogP) is 12.5. The quantitative estimate of drug-likeness (QED) is 0.169. The molecule has 2 unspecified atom stereocenters. The van der Waals surface area contributed by atoms with Gasteiger partial charge in [0, 0.05) is 23.1 Å². The highest BCUT2D eigenvalue weighted by atomic mass is 15.1. The fourth-order valence-electron chi connectivity index (χ4n) is 8.32. The summed E-state index contributed by atoms with van der Waals surface area (Å²) in [4.78, 5) is 5.14. The van der Waals surface area contributed by atoms with Crippen LogP contribution in [0.1, 0.15) is 23.4 Å². The monoisotopic (exact) mass is 652 g/mol. The molecule has 0 radical (unpaired) electrons. The van der Waals surface area contributed by atoms with E-state index in [1.54, 1.807) is 0 Å². The van der Waals surface area contributed by atoms with Crippen molar-refractivity contribution >= 4 is 33.2 Å². The molecule has 0 aliphatic heterocycles. The van der Waals surface area contributed by atoms with Crippen LogP contribution in [0.5, 0.6) is 0 Å². The lowest BCUT2D eigenvalue weighted by Gasteiger charge is -2.25. The average Bonchev–Trinajstić information content (AvgIpc) is 3.60. The molecule has 0 amide bonds. The molecule has 0 saturated heterocycles. The molecule has 0 fully saturated rings. The van der Waals surface area contributed by atoms with Crippen molar-refractivity contribution < 1.29 is 0 Å². The van der Waals surface area contributed by atoms with Gasteiger partial charge in [0.05, 0.1) is 11.4 Å². The van der Waals surface area contributed by atoms with Crippen LogP contribution in [0.3, 0.4) is 0 Å². The summed E-state index contributed by atoms with van der Waals surface area (Å²) in [5.74, 6) is 1.78. The van der Waals surface area contributed by atoms with Crippen LogP contribution in [-0.2, 0) is 6.42 Å². The molecule has 10 rings (SSSR count). The highest BCUT2D eigenvalue weighted by molar-refractivity contribution is 6.20. The van der Waals surface area contributed by atoms with Crippen molar-refractivity contribution in [3.8, 4) is 39.3 Å². The molecule has 2 heteroatoms. The molecule has 2 nitrogen and oxygen atoms in total. The fourth-order valence-corrected chi connectivity index (χ4v) is 8.32. The van der Waals surface area contributed by atoms with Crippen LogP contribution in [0.2, 0.25) is 0 Å². The number of benzene rings is 6. The molecule has 0 spiro atoms. The number of aryl methyl sites for hydroxylation is 1. The SMILES string of the molecule is C1=CC2C=CC(c3c4ccccc4c(-c4ccccc4)c4cc(-c5ccc(-n6c(-c7ccccc7)nc7c6C=CCC7)cc5)ccc34)=CC2C=C1. The minimum absolute atomic E-state index is 0.370.